The number of allylic oxidation sites excluding steroid dienone is 2. The van der Waals surface area contributed by atoms with E-state index in [1.807, 2.05) is 6.08 Å². The van der Waals surface area contributed by atoms with Gasteiger partial charge in [0.2, 0.25) is 0 Å². The Balaban J connectivity index is 1.94. The van der Waals surface area contributed by atoms with E-state index in [1.165, 1.54) is 11.1 Å². The number of hydrogen-bond donors (Lipinski definition) is 1. The Labute approximate surface area is 116 Å². The van der Waals surface area contributed by atoms with Gasteiger partial charge in [0.25, 0.3) is 0 Å². The summed E-state index contributed by atoms with van der Waals surface area (Å²) in [4.78, 5) is 0. The van der Waals surface area contributed by atoms with Gasteiger partial charge in [-0.25, -0.2) is 0 Å². The molecule has 0 aromatic rings. The minimum Gasteiger partial charge on any atom is -0.392 e. The molecule has 1 spiro atoms. The molecular formula is C16H26O3. The second kappa shape index (κ2) is 6.69. The zero-order valence-corrected chi connectivity index (χ0v) is 12.2. The third-order valence-corrected chi connectivity index (χ3v) is 4.38. The Bertz CT molecular complexity index is 351. The molecule has 1 unspecified atom stereocenters. The van der Waals surface area contributed by atoms with E-state index in [9.17, 15) is 0 Å². The molecule has 1 aliphatic heterocycles. The number of aliphatic hydroxyl groups excluding tert-OH is 1. The maximum Gasteiger partial charge on any atom is 0.190 e. The van der Waals surface area contributed by atoms with E-state index in [4.69, 9.17) is 14.6 Å². The maximum atomic E-state index is 8.94. The number of ether oxygens (including phenoxy) is 2. The molecule has 0 radical (unpaired) electrons. The summed E-state index contributed by atoms with van der Waals surface area (Å²) >= 11 is 0. The fraction of sp³-hybridized carbons (Fsp3) is 0.750. The predicted molar refractivity (Wildman–Crippen MR) is 75.8 cm³/mol. The normalized spacial score (nSPS) is 24.6. The molecule has 0 aromatic carbocycles. The van der Waals surface area contributed by atoms with Gasteiger partial charge in [-0.1, -0.05) is 24.6 Å². The fourth-order valence-electron chi connectivity index (χ4n) is 2.95. The largest absolute Gasteiger partial charge is 0.392 e. The van der Waals surface area contributed by atoms with Crippen LogP contribution < -0.4 is 0 Å². The topological polar surface area (TPSA) is 38.7 Å². The van der Waals surface area contributed by atoms with Crippen molar-refractivity contribution in [3.8, 4) is 0 Å². The highest BCUT2D eigenvalue weighted by molar-refractivity contribution is 5.18. The van der Waals surface area contributed by atoms with Crippen LogP contribution in [0.2, 0.25) is 0 Å². The smallest absolute Gasteiger partial charge is 0.190 e. The van der Waals surface area contributed by atoms with Gasteiger partial charge in [0.15, 0.2) is 5.79 Å². The van der Waals surface area contributed by atoms with Gasteiger partial charge in [-0.2, -0.15) is 0 Å². The van der Waals surface area contributed by atoms with Crippen molar-refractivity contribution in [3.63, 3.8) is 0 Å². The highest BCUT2D eigenvalue weighted by atomic mass is 16.7. The van der Waals surface area contributed by atoms with Crippen LogP contribution in [0.15, 0.2) is 23.3 Å². The summed E-state index contributed by atoms with van der Waals surface area (Å²) in [6.45, 7) is 5.88. The Morgan fingerprint density at radius 2 is 2.21 bits per heavy atom. The van der Waals surface area contributed by atoms with Gasteiger partial charge in [0.05, 0.1) is 19.8 Å². The van der Waals surface area contributed by atoms with Gasteiger partial charge in [-0.3, -0.25) is 0 Å². The van der Waals surface area contributed by atoms with Crippen LogP contribution in [0.1, 0.15) is 46.0 Å². The molecule has 0 amide bonds. The molecule has 0 bridgehead atoms. The minimum atomic E-state index is -0.396. The van der Waals surface area contributed by atoms with Crippen molar-refractivity contribution in [1.82, 2.24) is 0 Å². The van der Waals surface area contributed by atoms with E-state index in [-0.39, 0.29) is 6.61 Å². The summed E-state index contributed by atoms with van der Waals surface area (Å²) in [7, 11) is 0. The molecule has 1 fully saturated rings. The number of rotatable bonds is 5. The lowest BCUT2D eigenvalue weighted by Gasteiger charge is -2.34. The second-order valence-corrected chi connectivity index (χ2v) is 5.64. The van der Waals surface area contributed by atoms with Crippen molar-refractivity contribution in [2.24, 2.45) is 5.92 Å². The van der Waals surface area contributed by atoms with Crippen LogP contribution in [0.4, 0.5) is 0 Å². The van der Waals surface area contributed by atoms with Crippen LogP contribution in [-0.2, 0) is 9.47 Å². The van der Waals surface area contributed by atoms with Crippen LogP contribution in [0.3, 0.4) is 0 Å². The standard InChI is InChI=1S/C16H26O3/c1-13(14(2)8-10-17)6-7-15-5-3-4-9-16(15)18-11-12-19-16/h5,8,13,17H,3-4,6-7,9-12H2,1-2H3/b14-8-. The summed E-state index contributed by atoms with van der Waals surface area (Å²) in [6, 6.07) is 0. The average Bonchev–Trinajstić information content (AvgIpc) is 2.87. The molecule has 19 heavy (non-hydrogen) atoms. The predicted octanol–water partition coefficient (Wildman–Crippen LogP) is 3.19. The Morgan fingerprint density at radius 3 is 2.89 bits per heavy atom. The molecule has 1 heterocycles. The number of aliphatic hydroxyl groups is 1. The molecule has 3 heteroatoms. The lowest BCUT2D eigenvalue weighted by Crippen LogP contribution is -2.34. The van der Waals surface area contributed by atoms with Gasteiger partial charge < -0.3 is 14.6 Å². The zero-order valence-electron chi connectivity index (χ0n) is 12.2. The van der Waals surface area contributed by atoms with Crippen molar-refractivity contribution < 1.29 is 14.6 Å². The summed E-state index contributed by atoms with van der Waals surface area (Å²) in [5.74, 6) is 0.0977. The first-order chi connectivity index (χ1) is 9.18. The molecular weight excluding hydrogens is 240 g/mol. The van der Waals surface area contributed by atoms with Crippen molar-refractivity contribution in [2.45, 2.75) is 51.7 Å². The first-order valence-electron chi connectivity index (χ1n) is 7.43. The van der Waals surface area contributed by atoms with Gasteiger partial charge in [-0.05, 0) is 44.1 Å². The van der Waals surface area contributed by atoms with Crippen molar-refractivity contribution in [2.75, 3.05) is 19.8 Å². The summed E-state index contributed by atoms with van der Waals surface area (Å²) in [5, 5.41) is 8.94. The monoisotopic (exact) mass is 266 g/mol. The van der Waals surface area contributed by atoms with Crippen LogP contribution in [0.25, 0.3) is 0 Å². The van der Waals surface area contributed by atoms with Crippen LogP contribution >= 0.6 is 0 Å². The van der Waals surface area contributed by atoms with E-state index in [1.54, 1.807) is 0 Å². The highest BCUT2D eigenvalue weighted by Crippen LogP contribution is 2.39. The molecule has 3 nitrogen and oxygen atoms in total. The van der Waals surface area contributed by atoms with Crippen LogP contribution in [0.5, 0.6) is 0 Å². The SMILES string of the molecule is C/C(=C/CO)C(C)CCC1=CCCCC12OCCO2. The Kier molecular flexibility index (Phi) is 5.20. The molecule has 2 rings (SSSR count). The third-order valence-electron chi connectivity index (χ3n) is 4.38. The molecule has 1 saturated heterocycles. The van der Waals surface area contributed by atoms with Crippen LogP contribution in [-0.4, -0.2) is 30.7 Å². The Hall–Kier alpha value is -0.640. The van der Waals surface area contributed by atoms with E-state index in [0.29, 0.717) is 5.92 Å². The molecule has 108 valence electrons. The van der Waals surface area contributed by atoms with Gasteiger partial charge in [0.1, 0.15) is 0 Å². The lowest BCUT2D eigenvalue weighted by molar-refractivity contribution is -0.136. The van der Waals surface area contributed by atoms with Crippen molar-refractivity contribution >= 4 is 0 Å². The van der Waals surface area contributed by atoms with Gasteiger partial charge >= 0.3 is 0 Å². The van der Waals surface area contributed by atoms with E-state index in [0.717, 1.165) is 45.3 Å². The quantitative estimate of drug-likeness (QED) is 0.777. The fourth-order valence-corrected chi connectivity index (χ4v) is 2.95. The molecule has 0 aromatic heterocycles. The Morgan fingerprint density at radius 1 is 1.47 bits per heavy atom. The lowest BCUT2D eigenvalue weighted by atomic mass is 9.86. The molecule has 1 aliphatic carbocycles. The minimum absolute atomic E-state index is 0.134. The second-order valence-electron chi connectivity index (χ2n) is 5.64. The zero-order chi connectivity index (χ0) is 13.7. The van der Waals surface area contributed by atoms with E-state index < -0.39 is 5.79 Å². The average molecular weight is 266 g/mol. The van der Waals surface area contributed by atoms with Crippen molar-refractivity contribution in [1.29, 1.82) is 0 Å². The maximum absolute atomic E-state index is 8.94. The van der Waals surface area contributed by atoms with Crippen LogP contribution in [0, 0.1) is 5.92 Å². The molecule has 2 aliphatic rings. The number of hydrogen-bond acceptors (Lipinski definition) is 3. The van der Waals surface area contributed by atoms with Gasteiger partial charge in [-0.15, -0.1) is 0 Å². The first-order valence-corrected chi connectivity index (χ1v) is 7.43. The molecule has 1 N–H and O–H groups in total. The summed E-state index contributed by atoms with van der Waals surface area (Å²) in [6.07, 6.45) is 9.62. The van der Waals surface area contributed by atoms with Gasteiger partial charge in [0, 0.05) is 6.42 Å². The third kappa shape index (κ3) is 3.47. The van der Waals surface area contributed by atoms with Crippen molar-refractivity contribution in [3.05, 3.63) is 23.3 Å². The summed E-state index contributed by atoms with van der Waals surface area (Å²) in [5.41, 5.74) is 2.60. The summed E-state index contributed by atoms with van der Waals surface area (Å²) < 4.78 is 11.8. The highest BCUT2D eigenvalue weighted by Gasteiger charge is 2.40. The molecule has 0 saturated carbocycles. The van der Waals surface area contributed by atoms with E-state index >= 15 is 0 Å². The first kappa shape index (κ1) is 14.8. The van der Waals surface area contributed by atoms with E-state index in [2.05, 4.69) is 19.9 Å². The molecule has 1 atom stereocenters.